The number of urea groups is 1. The molecule has 2 aromatic carbocycles. The summed E-state index contributed by atoms with van der Waals surface area (Å²) in [5, 5.41) is 25.7. The van der Waals surface area contributed by atoms with Gasteiger partial charge in [-0.05, 0) is 61.1 Å². The van der Waals surface area contributed by atoms with Crippen LogP contribution in [0.2, 0.25) is 0 Å². The zero-order valence-electron chi connectivity index (χ0n) is 18.7. The third-order valence-electron chi connectivity index (χ3n) is 6.54. The van der Waals surface area contributed by atoms with Gasteiger partial charge < -0.3 is 20.5 Å². The van der Waals surface area contributed by atoms with Crippen molar-refractivity contribution in [2.75, 3.05) is 31.6 Å². The van der Waals surface area contributed by atoms with Crippen LogP contribution in [-0.4, -0.2) is 48.4 Å². The van der Waals surface area contributed by atoms with Gasteiger partial charge in [-0.1, -0.05) is 24.3 Å². The van der Waals surface area contributed by atoms with Gasteiger partial charge in [-0.15, -0.1) is 0 Å². The molecule has 2 saturated heterocycles. The van der Waals surface area contributed by atoms with E-state index in [1.807, 2.05) is 30.0 Å². The molecule has 0 bridgehead atoms. The Hall–Kier alpha value is -2.99. The van der Waals surface area contributed by atoms with Gasteiger partial charge in [0.15, 0.2) is 0 Å². The lowest BCUT2D eigenvalue weighted by molar-refractivity contribution is -0.0472. The first-order valence-electron chi connectivity index (χ1n) is 11.3. The number of likely N-dealkylation sites (tertiary alicyclic amines) is 1. The van der Waals surface area contributed by atoms with Gasteiger partial charge in [-0.3, -0.25) is 4.90 Å². The number of amides is 2. The molecule has 0 saturated carbocycles. The molecule has 2 amide bonds. The number of aryl methyl sites for hydroxylation is 1. The maximum absolute atomic E-state index is 15.6. The summed E-state index contributed by atoms with van der Waals surface area (Å²) >= 11 is 0. The molecule has 2 atom stereocenters. The number of ether oxygens (including phenoxy) is 1. The molecule has 0 spiro atoms. The number of nitrogens with zero attached hydrogens (tertiary/aromatic N) is 2. The summed E-state index contributed by atoms with van der Waals surface area (Å²) in [5.41, 5.74) is 1.74. The van der Waals surface area contributed by atoms with Crippen molar-refractivity contribution in [1.82, 2.24) is 10.2 Å². The Morgan fingerprint density at radius 3 is 2.64 bits per heavy atom. The summed E-state index contributed by atoms with van der Waals surface area (Å²) in [6.07, 6.45) is 0.388. The highest BCUT2D eigenvalue weighted by molar-refractivity contribution is 5.90. The number of nitriles is 1. The van der Waals surface area contributed by atoms with Crippen LogP contribution in [0.15, 0.2) is 42.5 Å². The zero-order valence-corrected chi connectivity index (χ0v) is 18.7. The Morgan fingerprint density at radius 2 is 2.00 bits per heavy atom. The second-order valence-electron chi connectivity index (χ2n) is 8.80. The third kappa shape index (κ3) is 5.33. The fourth-order valence-electron chi connectivity index (χ4n) is 4.39. The summed E-state index contributed by atoms with van der Waals surface area (Å²) in [6, 6.07) is 13.8. The Bertz CT molecular complexity index is 1020. The van der Waals surface area contributed by atoms with Gasteiger partial charge in [0.2, 0.25) is 0 Å². The molecule has 174 valence electrons. The van der Waals surface area contributed by atoms with Crippen LogP contribution < -0.4 is 10.6 Å². The van der Waals surface area contributed by atoms with Crippen molar-refractivity contribution < 1.29 is 19.0 Å². The first-order valence-corrected chi connectivity index (χ1v) is 11.3. The summed E-state index contributed by atoms with van der Waals surface area (Å²) in [6.45, 7) is 3.82. The Kier molecular flexibility index (Phi) is 6.94. The van der Waals surface area contributed by atoms with E-state index >= 15 is 4.39 Å². The SMILES string of the molecule is Cc1ccc(C(O)N2CCC(F)(c3ccc(C#N)cc3)CC2)cc1NC(=O)N[C@@H]1CCOC1. The fourth-order valence-corrected chi connectivity index (χ4v) is 4.39. The van der Waals surface area contributed by atoms with Gasteiger partial charge in [0.1, 0.15) is 11.9 Å². The molecule has 7 nitrogen and oxygen atoms in total. The van der Waals surface area contributed by atoms with Crippen molar-refractivity contribution in [2.45, 2.75) is 44.1 Å². The number of hydrogen-bond acceptors (Lipinski definition) is 5. The maximum Gasteiger partial charge on any atom is 0.319 e. The van der Waals surface area contributed by atoms with E-state index in [0.717, 1.165) is 12.0 Å². The van der Waals surface area contributed by atoms with Crippen molar-refractivity contribution >= 4 is 11.7 Å². The Labute approximate surface area is 193 Å². The lowest BCUT2D eigenvalue weighted by atomic mass is 9.85. The van der Waals surface area contributed by atoms with E-state index in [1.165, 1.54) is 0 Å². The van der Waals surface area contributed by atoms with Gasteiger partial charge in [-0.25, -0.2) is 9.18 Å². The van der Waals surface area contributed by atoms with Gasteiger partial charge in [0.25, 0.3) is 0 Å². The molecular formula is C25H29FN4O3. The number of rotatable bonds is 5. The third-order valence-corrected chi connectivity index (χ3v) is 6.54. The number of nitrogens with one attached hydrogen (secondary N) is 2. The van der Waals surface area contributed by atoms with Crippen LogP contribution in [0.3, 0.4) is 0 Å². The molecule has 2 aliphatic heterocycles. The molecule has 33 heavy (non-hydrogen) atoms. The van der Waals surface area contributed by atoms with E-state index in [1.54, 1.807) is 30.3 Å². The molecule has 2 aliphatic rings. The number of aliphatic hydroxyl groups excluding tert-OH is 1. The predicted molar refractivity (Wildman–Crippen MR) is 122 cm³/mol. The molecule has 0 radical (unpaired) electrons. The molecule has 2 fully saturated rings. The van der Waals surface area contributed by atoms with Crippen LogP contribution >= 0.6 is 0 Å². The van der Waals surface area contributed by atoms with E-state index in [0.29, 0.717) is 48.7 Å². The standard InChI is InChI=1S/C25H29FN4O3/c1-17-2-5-19(14-22(17)29-24(32)28-21-8-13-33-16-21)23(31)30-11-9-25(26,10-12-30)20-6-3-18(15-27)4-7-20/h2-7,14,21,23,31H,8-13,16H2,1H3,(H2,28,29,32)/t21-,23?/m1/s1. The number of anilines is 1. The van der Waals surface area contributed by atoms with Gasteiger partial charge in [0.05, 0.1) is 24.3 Å². The first kappa shape index (κ1) is 23.2. The number of aliphatic hydroxyl groups is 1. The highest BCUT2D eigenvalue weighted by Crippen LogP contribution is 2.39. The minimum atomic E-state index is -1.48. The highest BCUT2D eigenvalue weighted by atomic mass is 19.1. The number of halogens is 1. The average molecular weight is 453 g/mol. The lowest BCUT2D eigenvalue weighted by Gasteiger charge is -2.39. The molecule has 0 aromatic heterocycles. The normalized spacial score (nSPS) is 21.2. The number of piperidine rings is 1. The molecule has 2 aromatic rings. The second kappa shape index (κ2) is 9.87. The van der Waals surface area contributed by atoms with Gasteiger partial charge >= 0.3 is 6.03 Å². The largest absolute Gasteiger partial charge is 0.379 e. The summed E-state index contributed by atoms with van der Waals surface area (Å²) in [5.74, 6) is 0. The summed E-state index contributed by atoms with van der Waals surface area (Å²) in [4.78, 5) is 14.2. The van der Waals surface area contributed by atoms with E-state index in [2.05, 4.69) is 10.6 Å². The second-order valence-corrected chi connectivity index (χ2v) is 8.80. The van der Waals surface area contributed by atoms with E-state index in [9.17, 15) is 9.90 Å². The zero-order chi connectivity index (χ0) is 23.4. The minimum absolute atomic E-state index is 0.00417. The van der Waals surface area contributed by atoms with Crippen molar-refractivity contribution in [2.24, 2.45) is 0 Å². The molecule has 8 heteroatoms. The maximum atomic E-state index is 15.6. The lowest BCUT2D eigenvalue weighted by Crippen LogP contribution is -2.42. The molecule has 0 aliphatic carbocycles. The van der Waals surface area contributed by atoms with Crippen LogP contribution in [0.1, 0.15) is 47.7 Å². The van der Waals surface area contributed by atoms with Crippen LogP contribution in [-0.2, 0) is 10.4 Å². The van der Waals surface area contributed by atoms with Crippen LogP contribution in [0, 0.1) is 18.3 Å². The number of alkyl halides is 1. The fraction of sp³-hybridized carbons (Fsp3) is 0.440. The number of benzene rings is 2. The van der Waals surface area contributed by atoms with Crippen LogP contribution in [0.4, 0.5) is 14.9 Å². The highest BCUT2D eigenvalue weighted by Gasteiger charge is 2.38. The average Bonchev–Trinajstić information content (AvgIpc) is 3.33. The number of carbonyl (C=O) groups is 1. The van der Waals surface area contributed by atoms with Crippen LogP contribution in [0.5, 0.6) is 0 Å². The van der Waals surface area contributed by atoms with Crippen molar-refractivity contribution in [3.8, 4) is 6.07 Å². The van der Waals surface area contributed by atoms with E-state index < -0.39 is 11.9 Å². The minimum Gasteiger partial charge on any atom is -0.379 e. The predicted octanol–water partition coefficient (Wildman–Crippen LogP) is 3.73. The Balaban J connectivity index is 1.39. The first-order chi connectivity index (χ1) is 15.9. The van der Waals surface area contributed by atoms with E-state index in [4.69, 9.17) is 10.00 Å². The number of carbonyl (C=O) groups excluding carboxylic acids is 1. The smallest absolute Gasteiger partial charge is 0.319 e. The molecule has 4 rings (SSSR count). The Morgan fingerprint density at radius 1 is 1.27 bits per heavy atom. The molecule has 3 N–H and O–H groups in total. The van der Waals surface area contributed by atoms with Crippen molar-refractivity contribution in [3.63, 3.8) is 0 Å². The quantitative estimate of drug-likeness (QED) is 0.642. The van der Waals surface area contributed by atoms with Crippen molar-refractivity contribution in [1.29, 1.82) is 5.26 Å². The van der Waals surface area contributed by atoms with Crippen LogP contribution in [0.25, 0.3) is 0 Å². The summed E-state index contributed by atoms with van der Waals surface area (Å²) < 4.78 is 20.8. The van der Waals surface area contributed by atoms with E-state index in [-0.39, 0.29) is 24.9 Å². The monoisotopic (exact) mass is 452 g/mol. The topological polar surface area (TPSA) is 97.6 Å². The molecule has 1 unspecified atom stereocenters. The summed E-state index contributed by atoms with van der Waals surface area (Å²) in [7, 11) is 0. The molecular weight excluding hydrogens is 423 g/mol. The molecule has 2 heterocycles. The van der Waals surface area contributed by atoms with Gasteiger partial charge in [0, 0.05) is 25.4 Å². The van der Waals surface area contributed by atoms with Gasteiger partial charge in [-0.2, -0.15) is 5.26 Å². The van der Waals surface area contributed by atoms with Crippen molar-refractivity contribution in [3.05, 3.63) is 64.7 Å². The number of hydrogen-bond donors (Lipinski definition) is 3.